The Labute approximate surface area is 128 Å². The predicted octanol–water partition coefficient (Wildman–Crippen LogP) is 2.20. The van der Waals surface area contributed by atoms with Gasteiger partial charge in [-0.05, 0) is 47.1 Å². The second-order valence-corrected chi connectivity index (χ2v) is 6.22. The number of nitrogens with zero attached hydrogens (tertiary/aromatic N) is 3. The topological polar surface area (TPSA) is 42.3 Å². The highest BCUT2D eigenvalue weighted by Gasteiger charge is 2.29. The summed E-state index contributed by atoms with van der Waals surface area (Å²) in [6.45, 7) is 11.2. The number of nitrogens with one attached hydrogen (secondary N) is 1. The minimum Gasteiger partial charge on any atom is -0.382 e. The van der Waals surface area contributed by atoms with Crippen molar-refractivity contribution < 1.29 is 4.74 Å². The van der Waals surface area contributed by atoms with Crippen LogP contribution in [0.3, 0.4) is 0 Å². The van der Waals surface area contributed by atoms with Crippen LogP contribution in [0.15, 0.2) is 6.20 Å². The number of aryl methyl sites for hydroxylation is 2. The van der Waals surface area contributed by atoms with E-state index in [9.17, 15) is 0 Å². The maximum atomic E-state index is 5.43. The van der Waals surface area contributed by atoms with E-state index >= 15 is 0 Å². The number of anilines is 1. The molecule has 0 saturated carbocycles. The highest BCUT2D eigenvalue weighted by molar-refractivity contribution is 5.34. The van der Waals surface area contributed by atoms with Crippen molar-refractivity contribution in [3.63, 3.8) is 0 Å². The molecule has 5 heteroatoms. The molecule has 0 amide bonds. The minimum absolute atomic E-state index is 0.276. The van der Waals surface area contributed by atoms with E-state index in [1.807, 2.05) is 6.92 Å². The molecule has 1 aromatic rings. The molecule has 2 rings (SSSR count). The third-order valence-electron chi connectivity index (χ3n) is 4.52. The van der Waals surface area contributed by atoms with Crippen LogP contribution in [0.5, 0.6) is 0 Å². The quantitative estimate of drug-likeness (QED) is 0.783. The Kier molecular flexibility index (Phi) is 5.65. The zero-order valence-corrected chi connectivity index (χ0v) is 14.0. The monoisotopic (exact) mass is 294 g/mol. The van der Waals surface area contributed by atoms with Gasteiger partial charge in [0, 0.05) is 44.6 Å². The highest BCUT2D eigenvalue weighted by Crippen LogP contribution is 2.25. The summed E-state index contributed by atoms with van der Waals surface area (Å²) in [6.07, 6.45) is 5.52. The standard InChI is InChI=1S/C16H30N4O/c1-5-21-12-6-9-20-13-14(2)18-15(20)19-10-7-16(3,17-4)8-11-19/h13,17H,5-12H2,1-4H3. The normalized spacial score (nSPS) is 18.2. The SMILES string of the molecule is CCOCCCn1cc(C)nc1N1CCC(C)(NC)CC1. The van der Waals surface area contributed by atoms with Gasteiger partial charge in [-0.15, -0.1) is 0 Å². The van der Waals surface area contributed by atoms with Gasteiger partial charge in [0.2, 0.25) is 5.95 Å². The largest absolute Gasteiger partial charge is 0.382 e. The van der Waals surface area contributed by atoms with Crippen molar-refractivity contribution in [2.75, 3.05) is 38.3 Å². The molecule has 1 saturated heterocycles. The van der Waals surface area contributed by atoms with Crippen molar-refractivity contribution in [1.29, 1.82) is 0 Å². The maximum Gasteiger partial charge on any atom is 0.205 e. The fraction of sp³-hybridized carbons (Fsp3) is 0.812. The fourth-order valence-corrected chi connectivity index (χ4v) is 2.88. The molecule has 1 aliphatic heterocycles. The van der Waals surface area contributed by atoms with Gasteiger partial charge in [-0.2, -0.15) is 0 Å². The lowest BCUT2D eigenvalue weighted by Gasteiger charge is -2.39. The van der Waals surface area contributed by atoms with Gasteiger partial charge in [0.25, 0.3) is 0 Å². The third kappa shape index (κ3) is 4.20. The van der Waals surface area contributed by atoms with Crippen LogP contribution in [0, 0.1) is 6.92 Å². The Morgan fingerprint density at radius 2 is 2.10 bits per heavy atom. The summed E-state index contributed by atoms with van der Waals surface area (Å²) in [5.41, 5.74) is 1.38. The number of ether oxygens (including phenoxy) is 1. The zero-order chi connectivity index (χ0) is 15.3. The number of piperidine rings is 1. The zero-order valence-electron chi connectivity index (χ0n) is 14.0. The molecule has 0 unspecified atom stereocenters. The molecular weight excluding hydrogens is 264 g/mol. The molecule has 1 aliphatic rings. The molecule has 1 aromatic heterocycles. The minimum atomic E-state index is 0.276. The number of hydrogen-bond donors (Lipinski definition) is 1. The Morgan fingerprint density at radius 3 is 2.71 bits per heavy atom. The van der Waals surface area contributed by atoms with Crippen LogP contribution in [0.2, 0.25) is 0 Å². The summed E-state index contributed by atoms with van der Waals surface area (Å²) >= 11 is 0. The van der Waals surface area contributed by atoms with Crippen molar-refractivity contribution in [3.05, 3.63) is 11.9 Å². The van der Waals surface area contributed by atoms with Gasteiger partial charge in [-0.1, -0.05) is 0 Å². The second-order valence-electron chi connectivity index (χ2n) is 6.22. The Balaban J connectivity index is 1.96. The van der Waals surface area contributed by atoms with E-state index in [-0.39, 0.29) is 5.54 Å². The molecule has 0 bridgehead atoms. The average molecular weight is 294 g/mol. The average Bonchev–Trinajstić information content (AvgIpc) is 2.85. The van der Waals surface area contributed by atoms with E-state index in [0.717, 1.165) is 63.8 Å². The van der Waals surface area contributed by atoms with Gasteiger partial charge in [0.15, 0.2) is 0 Å². The summed E-state index contributed by atoms with van der Waals surface area (Å²) in [5.74, 6) is 1.13. The predicted molar refractivity (Wildman–Crippen MR) is 87.0 cm³/mol. The number of rotatable bonds is 7. The van der Waals surface area contributed by atoms with Gasteiger partial charge in [-0.25, -0.2) is 4.98 Å². The van der Waals surface area contributed by atoms with Gasteiger partial charge in [0.05, 0.1) is 5.69 Å². The first-order chi connectivity index (χ1) is 10.1. The number of hydrogen-bond acceptors (Lipinski definition) is 4. The molecule has 0 aliphatic carbocycles. The van der Waals surface area contributed by atoms with Crippen molar-refractivity contribution in [2.45, 2.75) is 52.1 Å². The molecule has 0 radical (unpaired) electrons. The van der Waals surface area contributed by atoms with E-state index in [0.29, 0.717) is 0 Å². The molecular formula is C16H30N4O. The Morgan fingerprint density at radius 1 is 1.38 bits per heavy atom. The van der Waals surface area contributed by atoms with Crippen molar-refractivity contribution >= 4 is 5.95 Å². The number of aromatic nitrogens is 2. The number of imidazole rings is 1. The molecule has 1 fully saturated rings. The Hall–Kier alpha value is -1.07. The van der Waals surface area contributed by atoms with Crippen molar-refractivity contribution in [3.8, 4) is 0 Å². The molecule has 120 valence electrons. The summed E-state index contributed by atoms with van der Waals surface area (Å²) in [4.78, 5) is 7.16. The lowest BCUT2D eigenvalue weighted by Crippen LogP contribution is -2.50. The van der Waals surface area contributed by atoms with Crippen molar-refractivity contribution in [1.82, 2.24) is 14.9 Å². The van der Waals surface area contributed by atoms with E-state index in [4.69, 9.17) is 9.72 Å². The summed E-state index contributed by atoms with van der Waals surface area (Å²) in [7, 11) is 2.06. The summed E-state index contributed by atoms with van der Waals surface area (Å²) < 4.78 is 7.72. The van der Waals surface area contributed by atoms with Crippen LogP contribution in [-0.4, -0.2) is 48.4 Å². The van der Waals surface area contributed by atoms with E-state index in [1.54, 1.807) is 0 Å². The van der Waals surface area contributed by atoms with E-state index in [2.05, 4.69) is 41.9 Å². The van der Waals surface area contributed by atoms with Crippen molar-refractivity contribution in [2.24, 2.45) is 0 Å². The van der Waals surface area contributed by atoms with Crippen LogP contribution in [0.4, 0.5) is 5.95 Å². The van der Waals surface area contributed by atoms with Crippen LogP contribution < -0.4 is 10.2 Å². The molecule has 1 N–H and O–H groups in total. The van der Waals surface area contributed by atoms with E-state index < -0.39 is 0 Å². The molecule has 2 heterocycles. The molecule has 0 atom stereocenters. The highest BCUT2D eigenvalue weighted by atomic mass is 16.5. The first kappa shape index (κ1) is 16.3. The maximum absolute atomic E-state index is 5.43. The van der Waals surface area contributed by atoms with Crippen LogP contribution in [0.1, 0.15) is 38.8 Å². The second kappa shape index (κ2) is 7.27. The summed E-state index contributed by atoms with van der Waals surface area (Å²) in [5, 5.41) is 3.45. The first-order valence-corrected chi connectivity index (χ1v) is 8.13. The lowest BCUT2D eigenvalue weighted by molar-refractivity contribution is 0.141. The van der Waals surface area contributed by atoms with Gasteiger partial charge < -0.3 is 19.5 Å². The van der Waals surface area contributed by atoms with Gasteiger partial charge >= 0.3 is 0 Å². The third-order valence-corrected chi connectivity index (χ3v) is 4.52. The van der Waals surface area contributed by atoms with E-state index in [1.165, 1.54) is 0 Å². The lowest BCUT2D eigenvalue weighted by atomic mass is 9.90. The van der Waals surface area contributed by atoms with Crippen LogP contribution in [0.25, 0.3) is 0 Å². The molecule has 0 spiro atoms. The molecule has 5 nitrogen and oxygen atoms in total. The van der Waals surface area contributed by atoms with Gasteiger partial charge in [-0.3, -0.25) is 0 Å². The first-order valence-electron chi connectivity index (χ1n) is 8.13. The smallest absolute Gasteiger partial charge is 0.205 e. The Bertz CT molecular complexity index is 435. The van der Waals surface area contributed by atoms with Crippen LogP contribution in [-0.2, 0) is 11.3 Å². The fourth-order valence-electron chi connectivity index (χ4n) is 2.88. The summed E-state index contributed by atoms with van der Waals surface area (Å²) in [6, 6.07) is 0. The molecule has 21 heavy (non-hydrogen) atoms. The van der Waals surface area contributed by atoms with Crippen LogP contribution >= 0.6 is 0 Å². The molecule has 0 aromatic carbocycles. The van der Waals surface area contributed by atoms with Gasteiger partial charge in [0.1, 0.15) is 0 Å².